The minimum absolute atomic E-state index is 0.0408. The van der Waals surface area contributed by atoms with Gasteiger partial charge in [-0.3, -0.25) is 4.79 Å². The van der Waals surface area contributed by atoms with E-state index in [0.717, 1.165) is 37.0 Å². The molecule has 1 fully saturated rings. The summed E-state index contributed by atoms with van der Waals surface area (Å²) in [7, 11) is 3.50. The highest BCUT2D eigenvalue weighted by atomic mass is 79.9. The van der Waals surface area contributed by atoms with E-state index in [1.807, 2.05) is 11.0 Å². The van der Waals surface area contributed by atoms with Crippen LogP contribution in [0.5, 0.6) is 0 Å². The zero-order valence-corrected chi connectivity index (χ0v) is 13.4. The first-order chi connectivity index (χ1) is 9.65. The van der Waals surface area contributed by atoms with Crippen molar-refractivity contribution < 1.29 is 9.53 Å². The number of nitrogens with one attached hydrogen (secondary N) is 1. The first-order valence-corrected chi connectivity index (χ1v) is 7.56. The molecule has 5 nitrogen and oxygen atoms in total. The standard InChI is InChI=1S/C14H20BrN3O2/c1-16-13-12(7-11(15)8-17-13)14(19)18-5-3-10(4-6-18)9-20-2/h7-8,10H,3-6,9H2,1-2H3,(H,16,17). The molecular formula is C14H20BrN3O2. The summed E-state index contributed by atoms with van der Waals surface area (Å²) >= 11 is 3.37. The van der Waals surface area contributed by atoms with Gasteiger partial charge in [0.2, 0.25) is 0 Å². The number of amides is 1. The van der Waals surface area contributed by atoms with Crippen molar-refractivity contribution in [1.82, 2.24) is 9.88 Å². The third-order valence-electron chi connectivity index (χ3n) is 3.63. The number of halogens is 1. The topological polar surface area (TPSA) is 54.5 Å². The fourth-order valence-electron chi connectivity index (χ4n) is 2.51. The number of pyridine rings is 1. The lowest BCUT2D eigenvalue weighted by Gasteiger charge is -2.32. The van der Waals surface area contributed by atoms with Crippen LogP contribution in [0.15, 0.2) is 16.7 Å². The first kappa shape index (κ1) is 15.3. The van der Waals surface area contributed by atoms with Gasteiger partial charge in [0.1, 0.15) is 5.82 Å². The molecule has 0 saturated carbocycles. The van der Waals surface area contributed by atoms with Gasteiger partial charge in [0, 0.05) is 44.5 Å². The third kappa shape index (κ3) is 3.49. The minimum atomic E-state index is 0.0408. The Morgan fingerprint density at radius 3 is 2.85 bits per heavy atom. The largest absolute Gasteiger partial charge is 0.384 e. The van der Waals surface area contributed by atoms with Gasteiger partial charge in [0.25, 0.3) is 5.91 Å². The molecule has 1 aromatic heterocycles. The van der Waals surface area contributed by atoms with Gasteiger partial charge in [-0.2, -0.15) is 0 Å². The number of anilines is 1. The van der Waals surface area contributed by atoms with Gasteiger partial charge in [0.15, 0.2) is 0 Å². The summed E-state index contributed by atoms with van der Waals surface area (Å²) in [5, 5.41) is 2.97. The lowest BCUT2D eigenvalue weighted by atomic mass is 9.97. The van der Waals surface area contributed by atoms with Crippen LogP contribution >= 0.6 is 15.9 Å². The van der Waals surface area contributed by atoms with Crippen molar-refractivity contribution in [3.05, 3.63) is 22.3 Å². The van der Waals surface area contributed by atoms with Crippen molar-refractivity contribution in [3.63, 3.8) is 0 Å². The Morgan fingerprint density at radius 1 is 1.55 bits per heavy atom. The number of carbonyl (C=O) groups is 1. The maximum absolute atomic E-state index is 12.6. The van der Waals surface area contributed by atoms with Crippen molar-refractivity contribution in [2.24, 2.45) is 5.92 Å². The molecular weight excluding hydrogens is 322 g/mol. The van der Waals surface area contributed by atoms with Crippen LogP contribution in [0.1, 0.15) is 23.2 Å². The highest BCUT2D eigenvalue weighted by Crippen LogP contribution is 2.23. The average Bonchev–Trinajstić information content (AvgIpc) is 2.47. The molecule has 0 bridgehead atoms. The maximum Gasteiger partial charge on any atom is 0.257 e. The molecule has 20 heavy (non-hydrogen) atoms. The minimum Gasteiger partial charge on any atom is -0.384 e. The predicted octanol–water partition coefficient (Wildman–Crippen LogP) is 2.38. The summed E-state index contributed by atoms with van der Waals surface area (Å²) in [6.07, 6.45) is 3.68. The van der Waals surface area contributed by atoms with Gasteiger partial charge >= 0.3 is 0 Å². The normalized spacial score (nSPS) is 16.2. The number of carbonyl (C=O) groups excluding carboxylic acids is 1. The highest BCUT2D eigenvalue weighted by molar-refractivity contribution is 9.10. The monoisotopic (exact) mass is 341 g/mol. The molecule has 0 radical (unpaired) electrons. The Bertz CT molecular complexity index is 473. The number of aromatic nitrogens is 1. The quantitative estimate of drug-likeness (QED) is 0.913. The number of nitrogens with zero attached hydrogens (tertiary/aromatic N) is 2. The summed E-state index contributed by atoms with van der Waals surface area (Å²) in [6, 6.07) is 1.82. The molecule has 0 aromatic carbocycles. The molecule has 1 aromatic rings. The second kappa shape index (κ2) is 7.04. The summed E-state index contributed by atoms with van der Waals surface area (Å²) < 4.78 is 6.00. The molecule has 110 valence electrons. The van der Waals surface area contributed by atoms with E-state index in [2.05, 4.69) is 26.2 Å². The number of rotatable bonds is 4. The van der Waals surface area contributed by atoms with Gasteiger partial charge in [-0.1, -0.05) is 0 Å². The lowest BCUT2D eigenvalue weighted by molar-refractivity contribution is 0.0614. The van der Waals surface area contributed by atoms with E-state index in [1.54, 1.807) is 20.4 Å². The molecule has 1 saturated heterocycles. The van der Waals surface area contributed by atoms with E-state index in [-0.39, 0.29) is 5.91 Å². The molecule has 0 unspecified atom stereocenters. The van der Waals surface area contributed by atoms with E-state index in [1.165, 1.54) is 0 Å². The maximum atomic E-state index is 12.6. The Labute approximate surface area is 127 Å². The smallest absolute Gasteiger partial charge is 0.257 e. The van der Waals surface area contributed by atoms with Crippen LogP contribution in [-0.2, 0) is 4.74 Å². The van der Waals surface area contributed by atoms with Gasteiger partial charge in [0.05, 0.1) is 5.56 Å². The van der Waals surface area contributed by atoms with Crippen LogP contribution in [0.2, 0.25) is 0 Å². The molecule has 0 aliphatic carbocycles. The van der Waals surface area contributed by atoms with Crippen molar-refractivity contribution in [2.75, 3.05) is 39.2 Å². The van der Waals surface area contributed by atoms with Gasteiger partial charge in [-0.05, 0) is 40.8 Å². The van der Waals surface area contributed by atoms with Gasteiger partial charge < -0.3 is 15.0 Å². The average molecular weight is 342 g/mol. The van der Waals surface area contributed by atoms with Crippen LogP contribution in [0.25, 0.3) is 0 Å². The van der Waals surface area contributed by atoms with E-state index >= 15 is 0 Å². The number of ether oxygens (including phenoxy) is 1. The summed E-state index contributed by atoms with van der Waals surface area (Å²) in [5.41, 5.74) is 0.618. The Morgan fingerprint density at radius 2 is 2.25 bits per heavy atom. The number of hydrogen-bond donors (Lipinski definition) is 1. The van der Waals surface area contributed by atoms with Gasteiger partial charge in [-0.15, -0.1) is 0 Å². The molecule has 1 aliphatic rings. The number of likely N-dealkylation sites (tertiary alicyclic amines) is 1. The molecule has 1 amide bonds. The molecule has 2 rings (SSSR count). The van der Waals surface area contributed by atoms with Crippen LogP contribution in [-0.4, -0.2) is 49.6 Å². The molecule has 1 aliphatic heterocycles. The Hall–Kier alpha value is -1.14. The zero-order valence-electron chi connectivity index (χ0n) is 11.9. The summed E-state index contributed by atoms with van der Waals surface area (Å²) in [5.74, 6) is 1.23. The number of hydrogen-bond acceptors (Lipinski definition) is 4. The van der Waals surface area contributed by atoms with Crippen LogP contribution < -0.4 is 5.32 Å². The van der Waals surface area contributed by atoms with Crippen LogP contribution in [0.3, 0.4) is 0 Å². The van der Waals surface area contributed by atoms with E-state index < -0.39 is 0 Å². The second-order valence-electron chi connectivity index (χ2n) is 4.99. The Kier molecular flexibility index (Phi) is 5.37. The van der Waals surface area contributed by atoms with Crippen LogP contribution in [0.4, 0.5) is 5.82 Å². The van der Waals surface area contributed by atoms with Gasteiger partial charge in [-0.25, -0.2) is 4.98 Å². The third-order valence-corrected chi connectivity index (χ3v) is 4.06. The van der Waals surface area contributed by atoms with E-state index in [0.29, 0.717) is 17.3 Å². The fraction of sp³-hybridized carbons (Fsp3) is 0.571. The number of methoxy groups -OCH3 is 1. The molecule has 1 N–H and O–H groups in total. The Balaban J connectivity index is 2.07. The van der Waals surface area contributed by atoms with Crippen LogP contribution in [0, 0.1) is 5.92 Å². The predicted molar refractivity (Wildman–Crippen MR) is 82.0 cm³/mol. The molecule has 2 heterocycles. The first-order valence-electron chi connectivity index (χ1n) is 6.77. The molecule has 6 heteroatoms. The SMILES string of the molecule is CNc1ncc(Br)cc1C(=O)N1CCC(COC)CC1. The zero-order chi connectivity index (χ0) is 14.5. The highest BCUT2D eigenvalue weighted by Gasteiger charge is 2.25. The van der Waals surface area contributed by atoms with Crippen molar-refractivity contribution in [2.45, 2.75) is 12.8 Å². The summed E-state index contributed by atoms with van der Waals surface area (Å²) in [4.78, 5) is 18.7. The molecule has 0 atom stereocenters. The van der Waals surface area contributed by atoms with Crippen molar-refractivity contribution >= 4 is 27.7 Å². The fourth-order valence-corrected chi connectivity index (χ4v) is 2.84. The second-order valence-corrected chi connectivity index (χ2v) is 5.91. The summed E-state index contributed by atoms with van der Waals surface area (Å²) in [6.45, 7) is 2.34. The molecule has 0 spiro atoms. The van der Waals surface area contributed by atoms with Crippen molar-refractivity contribution in [3.8, 4) is 0 Å². The van der Waals surface area contributed by atoms with E-state index in [4.69, 9.17) is 4.74 Å². The number of piperidine rings is 1. The van der Waals surface area contributed by atoms with E-state index in [9.17, 15) is 4.79 Å². The lowest BCUT2D eigenvalue weighted by Crippen LogP contribution is -2.39. The van der Waals surface area contributed by atoms with Crippen molar-refractivity contribution in [1.29, 1.82) is 0 Å².